The first kappa shape index (κ1) is 10.8. The SMILES string of the molecule is O=Cc1cc(F)cc(N(CC2CC2)C2CC2)c1. The molecule has 0 N–H and O–H groups in total. The lowest BCUT2D eigenvalue weighted by atomic mass is 10.2. The molecule has 0 radical (unpaired) electrons. The molecule has 1 aromatic carbocycles. The molecule has 3 rings (SSSR count). The number of benzene rings is 1. The van der Waals surface area contributed by atoms with Crippen molar-refractivity contribution in [1.82, 2.24) is 0 Å². The quantitative estimate of drug-likeness (QED) is 0.729. The number of carbonyl (C=O) groups is 1. The fourth-order valence-corrected chi connectivity index (χ4v) is 2.26. The standard InChI is InChI=1S/C14H16FNO/c15-12-5-11(9-17)6-14(7-12)16(13-3-4-13)8-10-1-2-10/h5-7,9-10,13H,1-4,8H2. The molecule has 2 nitrogen and oxygen atoms in total. The van der Waals surface area contributed by atoms with Crippen LogP contribution in [0.15, 0.2) is 18.2 Å². The molecular formula is C14H16FNO. The van der Waals surface area contributed by atoms with Gasteiger partial charge in [-0.1, -0.05) is 0 Å². The molecule has 1 aromatic rings. The minimum Gasteiger partial charge on any atom is -0.368 e. The van der Waals surface area contributed by atoms with E-state index in [1.54, 1.807) is 12.1 Å². The van der Waals surface area contributed by atoms with Crippen molar-refractivity contribution in [2.45, 2.75) is 31.7 Å². The molecule has 0 amide bonds. The summed E-state index contributed by atoms with van der Waals surface area (Å²) in [4.78, 5) is 13.1. The molecule has 0 atom stereocenters. The third-order valence-electron chi connectivity index (χ3n) is 3.51. The van der Waals surface area contributed by atoms with Crippen LogP contribution in [0.2, 0.25) is 0 Å². The van der Waals surface area contributed by atoms with Gasteiger partial charge in [-0.25, -0.2) is 4.39 Å². The van der Waals surface area contributed by atoms with Gasteiger partial charge in [0.05, 0.1) is 0 Å². The fraction of sp³-hybridized carbons (Fsp3) is 0.500. The highest BCUT2D eigenvalue weighted by Crippen LogP contribution is 2.38. The van der Waals surface area contributed by atoms with Gasteiger partial charge in [0.15, 0.2) is 0 Å². The highest BCUT2D eigenvalue weighted by Gasteiger charge is 2.34. The highest BCUT2D eigenvalue weighted by molar-refractivity contribution is 5.77. The summed E-state index contributed by atoms with van der Waals surface area (Å²) < 4.78 is 13.4. The lowest BCUT2D eigenvalue weighted by Crippen LogP contribution is -2.28. The first-order valence-electron chi connectivity index (χ1n) is 6.28. The summed E-state index contributed by atoms with van der Waals surface area (Å²) in [6, 6.07) is 5.21. The number of nitrogens with zero attached hydrogens (tertiary/aromatic N) is 1. The van der Waals surface area contributed by atoms with Crippen molar-refractivity contribution < 1.29 is 9.18 Å². The van der Waals surface area contributed by atoms with Crippen molar-refractivity contribution in [2.24, 2.45) is 5.92 Å². The van der Waals surface area contributed by atoms with Crippen LogP contribution in [0.4, 0.5) is 10.1 Å². The zero-order valence-electron chi connectivity index (χ0n) is 9.73. The number of halogens is 1. The van der Waals surface area contributed by atoms with Crippen LogP contribution in [0.3, 0.4) is 0 Å². The van der Waals surface area contributed by atoms with Crippen LogP contribution in [-0.4, -0.2) is 18.9 Å². The first-order valence-corrected chi connectivity index (χ1v) is 6.28. The molecule has 2 fully saturated rings. The van der Waals surface area contributed by atoms with E-state index < -0.39 is 0 Å². The van der Waals surface area contributed by atoms with E-state index in [1.807, 2.05) is 0 Å². The lowest BCUT2D eigenvalue weighted by molar-refractivity contribution is 0.112. The van der Waals surface area contributed by atoms with Crippen molar-refractivity contribution in [2.75, 3.05) is 11.4 Å². The molecule has 0 spiro atoms. The molecule has 2 aliphatic rings. The maximum absolute atomic E-state index is 13.4. The topological polar surface area (TPSA) is 20.3 Å². The van der Waals surface area contributed by atoms with E-state index >= 15 is 0 Å². The van der Waals surface area contributed by atoms with Gasteiger partial charge in [0.2, 0.25) is 0 Å². The summed E-state index contributed by atoms with van der Waals surface area (Å²) in [7, 11) is 0. The predicted molar refractivity (Wildman–Crippen MR) is 64.9 cm³/mol. The van der Waals surface area contributed by atoms with Gasteiger partial charge >= 0.3 is 0 Å². The van der Waals surface area contributed by atoms with Gasteiger partial charge in [0, 0.05) is 23.8 Å². The maximum atomic E-state index is 13.4. The van der Waals surface area contributed by atoms with Crippen LogP contribution in [-0.2, 0) is 0 Å². The summed E-state index contributed by atoms with van der Waals surface area (Å²) in [6.45, 7) is 1.02. The molecule has 17 heavy (non-hydrogen) atoms. The summed E-state index contributed by atoms with van der Waals surface area (Å²) in [5, 5.41) is 0. The second-order valence-electron chi connectivity index (χ2n) is 5.19. The van der Waals surface area contributed by atoms with Crippen molar-refractivity contribution in [3.63, 3.8) is 0 Å². The number of hydrogen-bond acceptors (Lipinski definition) is 2. The van der Waals surface area contributed by atoms with Crippen LogP contribution in [0.1, 0.15) is 36.0 Å². The van der Waals surface area contributed by atoms with Crippen molar-refractivity contribution >= 4 is 12.0 Å². The van der Waals surface area contributed by atoms with Crippen LogP contribution in [0.5, 0.6) is 0 Å². The third kappa shape index (κ3) is 2.48. The van der Waals surface area contributed by atoms with E-state index in [-0.39, 0.29) is 5.82 Å². The Bertz CT molecular complexity index is 438. The molecule has 2 saturated carbocycles. The van der Waals surface area contributed by atoms with Crippen molar-refractivity contribution in [3.05, 3.63) is 29.6 Å². The van der Waals surface area contributed by atoms with E-state index in [2.05, 4.69) is 4.90 Å². The van der Waals surface area contributed by atoms with E-state index in [0.29, 0.717) is 11.6 Å². The zero-order valence-corrected chi connectivity index (χ0v) is 9.73. The number of anilines is 1. The van der Waals surface area contributed by atoms with Crippen molar-refractivity contribution in [3.8, 4) is 0 Å². The molecule has 0 bridgehead atoms. The predicted octanol–water partition coefficient (Wildman–Crippen LogP) is 3.02. The second kappa shape index (κ2) is 4.13. The average Bonchev–Trinajstić information content (AvgIpc) is 3.16. The van der Waals surface area contributed by atoms with Crippen molar-refractivity contribution in [1.29, 1.82) is 0 Å². The van der Waals surface area contributed by atoms with Gasteiger partial charge in [-0.3, -0.25) is 4.79 Å². The molecule has 0 unspecified atom stereocenters. The first-order chi connectivity index (χ1) is 8.26. The normalized spacial score (nSPS) is 19.1. The summed E-state index contributed by atoms with van der Waals surface area (Å²) in [5.74, 6) is 0.463. The van der Waals surface area contributed by atoms with Crippen LogP contribution in [0.25, 0.3) is 0 Å². The molecule has 0 saturated heterocycles. The van der Waals surface area contributed by atoms with E-state index in [1.165, 1.54) is 31.7 Å². The van der Waals surface area contributed by atoms with Gasteiger partial charge in [0.25, 0.3) is 0 Å². The van der Waals surface area contributed by atoms with E-state index in [9.17, 15) is 9.18 Å². The van der Waals surface area contributed by atoms with Crippen LogP contribution < -0.4 is 4.90 Å². The van der Waals surface area contributed by atoms with E-state index in [4.69, 9.17) is 0 Å². The van der Waals surface area contributed by atoms with Gasteiger partial charge in [-0.15, -0.1) is 0 Å². The molecule has 90 valence electrons. The molecule has 0 heterocycles. The number of carbonyl (C=O) groups excluding carboxylic acids is 1. The number of hydrogen-bond donors (Lipinski definition) is 0. The molecule has 0 aliphatic heterocycles. The second-order valence-corrected chi connectivity index (χ2v) is 5.19. The van der Waals surface area contributed by atoms with Gasteiger partial charge < -0.3 is 4.90 Å². The summed E-state index contributed by atoms with van der Waals surface area (Å²) in [6.07, 6.45) is 5.69. The van der Waals surface area contributed by atoms with Gasteiger partial charge in [0.1, 0.15) is 12.1 Å². The maximum Gasteiger partial charge on any atom is 0.150 e. The lowest BCUT2D eigenvalue weighted by Gasteiger charge is -2.25. The minimum absolute atomic E-state index is 0.314. The Morgan fingerprint density at radius 3 is 2.59 bits per heavy atom. The average molecular weight is 233 g/mol. The van der Waals surface area contributed by atoms with Crippen LogP contribution >= 0.6 is 0 Å². The smallest absolute Gasteiger partial charge is 0.150 e. The number of rotatable bonds is 5. The molecule has 0 aromatic heterocycles. The summed E-state index contributed by atoms with van der Waals surface area (Å²) in [5.41, 5.74) is 1.31. The van der Waals surface area contributed by atoms with E-state index in [0.717, 1.165) is 24.4 Å². The third-order valence-corrected chi connectivity index (χ3v) is 3.51. The summed E-state index contributed by atoms with van der Waals surface area (Å²) >= 11 is 0. The molecule has 3 heteroatoms. The Morgan fingerprint density at radius 2 is 2.00 bits per heavy atom. The van der Waals surface area contributed by atoms with Gasteiger partial charge in [-0.2, -0.15) is 0 Å². The Hall–Kier alpha value is -1.38. The highest BCUT2D eigenvalue weighted by atomic mass is 19.1. The Labute approximate surface area is 100 Å². The molecule has 2 aliphatic carbocycles. The Kier molecular flexibility index (Phi) is 2.61. The zero-order chi connectivity index (χ0) is 11.8. The monoisotopic (exact) mass is 233 g/mol. The Balaban J connectivity index is 1.87. The van der Waals surface area contributed by atoms with Crippen LogP contribution in [0, 0.1) is 11.7 Å². The van der Waals surface area contributed by atoms with Gasteiger partial charge in [-0.05, 0) is 49.8 Å². The molecular weight excluding hydrogens is 217 g/mol. The number of aldehydes is 1. The largest absolute Gasteiger partial charge is 0.368 e. The Morgan fingerprint density at radius 1 is 1.24 bits per heavy atom. The minimum atomic E-state index is -0.314. The fourth-order valence-electron chi connectivity index (χ4n) is 2.26.